The van der Waals surface area contributed by atoms with Crippen LogP contribution in [0.3, 0.4) is 0 Å². The summed E-state index contributed by atoms with van der Waals surface area (Å²) in [6.45, 7) is 4.20. The van der Waals surface area contributed by atoms with Crippen LogP contribution in [0.2, 0.25) is 0 Å². The van der Waals surface area contributed by atoms with Crippen LogP contribution in [0.1, 0.15) is 33.7 Å². The highest BCUT2D eigenvalue weighted by Gasteiger charge is 2.17. The molecule has 1 N–H and O–H groups in total. The second-order valence-electron chi connectivity index (χ2n) is 7.53. The summed E-state index contributed by atoms with van der Waals surface area (Å²) in [4.78, 5) is 18.6. The molecule has 5 heteroatoms. The van der Waals surface area contributed by atoms with Crippen molar-refractivity contribution in [2.45, 2.75) is 25.5 Å². The van der Waals surface area contributed by atoms with Gasteiger partial charge in [-0.1, -0.05) is 91.9 Å². The van der Waals surface area contributed by atoms with Crippen molar-refractivity contribution in [3.05, 3.63) is 106 Å². The highest BCUT2D eigenvalue weighted by atomic mass is 32.2. The molecule has 1 amide bonds. The number of thiazole rings is 1. The lowest BCUT2D eigenvalue weighted by atomic mass is 10.0. The summed E-state index contributed by atoms with van der Waals surface area (Å²) < 4.78 is 0. The number of nitrogens with zero attached hydrogens (tertiary/aromatic N) is 1. The second-order valence-corrected chi connectivity index (χ2v) is 9.83. The van der Waals surface area contributed by atoms with E-state index in [1.54, 1.807) is 11.8 Å². The molecule has 0 bridgehead atoms. The molecular formula is C27H26N2OS2. The van der Waals surface area contributed by atoms with Gasteiger partial charge in [-0.2, -0.15) is 0 Å². The van der Waals surface area contributed by atoms with E-state index >= 15 is 0 Å². The van der Waals surface area contributed by atoms with Crippen LogP contribution < -0.4 is 5.32 Å². The number of anilines is 1. The van der Waals surface area contributed by atoms with Crippen molar-refractivity contribution in [1.82, 2.24) is 4.98 Å². The standard InChI is InChI=1S/C27H26N2OS2/c1-3-20-14-16-21(17-15-20)25-19(2)32-27(29-25)28-24(30)18-31-26(22-10-6-4-7-11-22)23-12-8-5-9-13-23/h4-17,26H,3,18H2,1-2H3,(H,28,29,30). The van der Waals surface area contributed by atoms with Gasteiger partial charge in [-0.05, 0) is 30.0 Å². The molecule has 0 fully saturated rings. The van der Waals surface area contributed by atoms with Gasteiger partial charge in [0, 0.05) is 10.4 Å². The van der Waals surface area contributed by atoms with Crippen molar-refractivity contribution in [3.8, 4) is 11.3 Å². The van der Waals surface area contributed by atoms with E-state index in [9.17, 15) is 4.79 Å². The zero-order valence-electron chi connectivity index (χ0n) is 18.2. The molecule has 0 saturated carbocycles. The first-order valence-electron chi connectivity index (χ1n) is 10.7. The minimum atomic E-state index is -0.0338. The van der Waals surface area contributed by atoms with Crippen LogP contribution in [0.4, 0.5) is 5.13 Å². The number of aromatic nitrogens is 1. The zero-order chi connectivity index (χ0) is 22.3. The zero-order valence-corrected chi connectivity index (χ0v) is 19.9. The van der Waals surface area contributed by atoms with Crippen molar-refractivity contribution in [2.75, 3.05) is 11.1 Å². The largest absolute Gasteiger partial charge is 0.301 e. The lowest BCUT2D eigenvalue weighted by Gasteiger charge is -2.17. The van der Waals surface area contributed by atoms with Crippen molar-refractivity contribution < 1.29 is 4.79 Å². The Hall–Kier alpha value is -2.89. The van der Waals surface area contributed by atoms with Crippen LogP contribution in [-0.4, -0.2) is 16.6 Å². The van der Waals surface area contributed by atoms with Gasteiger partial charge in [0.1, 0.15) is 0 Å². The number of nitrogens with one attached hydrogen (secondary N) is 1. The van der Waals surface area contributed by atoms with Gasteiger partial charge < -0.3 is 5.32 Å². The van der Waals surface area contributed by atoms with Gasteiger partial charge >= 0.3 is 0 Å². The van der Waals surface area contributed by atoms with Gasteiger partial charge in [0.15, 0.2) is 5.13 Å². The first-order chi connectivity index (χ1) is 15.6. The molecule has 0 aliphatic rings. The van der Waals surface area contributed by atoms with Crippen LogP contribution >= 0.6 is 23.1 Å². The maximum Gasteiger partial charge on any atom is 0.236 e. The van der Waals surface area contributed by atoms with Crippen LogP contribution in [-0.2, 0) is 11.2 Å². The molecule has 0 unspecified atom stereocenters. The van der Waals surface area contributed by atoms with E-state index in [-0.39, 0.29) is 11.2 Å². The summed E-state index contributed by atoms with van der Waals surface area (Å²) in [5, 5.41) is 3.76. The monoisotopic (exact) mass is 458 g/mol. The minimum Gasteiger partial charge on any atom is -0.301 e. The van der Waals surface area contributed by atoms with E-state index < -0.39 is 0 Å². The number of benzene rings is 3. The van der Waals surface area contributed by atoms with Gasteiger partial charge in [0.25, 0.3) is 0 Å². The Kier molecular flexibility index (Phi) is 7.40. The quantitative estimate of drug-likeness (QED) is 0.305. The summed E-state index contributed by atoms with van der Waals surface area (Å²) in [5.41, 5.74) is 5.71. The lowest BCUT2D eigenvalue weighted by molar-refractivity contribution is -0.113. The number of rotatable bonds is 8. The first-order valence-corrected chi connectivity index (χ1v) is 12.6. The topological polar surface area (TPSA) is 42.0 Å². The SMILES string of the molecule is CCc1ccc(-c2nc(NC(=O)CSC(c3ccccc3)c3ccccc3)sc2C)cc1. The highest BCUT2D eigenvalue weighted by Crippen LogP contribution is 2.36. The Labute approximate surface area is 197 Å². The van der Waals surface area contributed by atoms with Crippen LogP contribution in [0.15, 0.2) is 84.9 Å². The van der Waals surface area contributed by atoms with Crippen molar-refractivity contribution >= 4 is 34.1 Å². The molecule has 0 aliphatic carbocycles. The van der Waals surface area contributed by atoms with Crippen LogP contribution in [0.5, 0.6) is 0 Å². The molecule has 4 aromatic rings. The summed E-state index contributed by atoms with van der Waals surface area (Å²) in [7, 11) is 0. The molecule has 0 spiro atoms. The molecule has 1 heterocycles. The fraction of sp³-hybridized carbons (Fsp3) is 0.185. The molecule has 32 heavy (non-hydrogen) atoms. The maximum absolute atomic E-state index is 12.8. The summed E-state index contributed by atoms with van der Waals surface area (Å²) in [5.74, 6) is 0.321. The number of carbonyl (C=O) groups excluding carboxylic acids is 1. The molecule has 0 atom stereocenters. The Morgan fingerprint density at radius 1 is 0.938 bits per heavy atom. The van der Waals surface area contributed by atoms with Crippen molar-refractivity contribution in [2.24, 2.45) is 0 Å². The van der Waals surface area contributed by atoms with Gasteiger partial charge in [0.05, 0.1) is 16.7 Å². The smallest absolute Gasteiger partial charge is 0.236 e. The van der Waals surface area contributed by atoms with E-state index in [0.717, 1.165) is 22.6 Å². The Morgan fingerprint density at radius 2 is 1.53 bits per heavy atom. The fourth-order valence-electron chi connectivity index (χ4n) is 3.57. The molecular weight excluding hydrogens is 432 g/mol. The first kappa shape index (κ1) is 22.3. The van der Waals surface area contributed by atoms with Gasteiger partial charge in [-0.25, -0.2) is 4.98 Å². The molecule has 3 nitrogen and oxygen atoms in total. The number of amides is 1. The van der Waals surface area contributed by atoms with Gasteiger partial charge in [-0.3, -0.25) is 4.79 Å². The maximum atomic E-state index is 12.8. The average molecular weight is 459 g/mol. The second kappa shape index (κ2) is 10.6. The van der Waals surface area contributed by atoms with E-state index in [4.69, 9.17) is 4.98 Å². The molecule has 0 radical (unpaired) electrons. The number of hydrogen-bond donors (Lipinski definition) is 1. The van der Waals surface area contributed by atoms with E-state index in [1.807, 2.05) is 43.3 Å². The van der Waals surface area contributed by atoms with Crippen molar-refractivity contribution in [3.63, 3.8) is 0 Å². The molecule has 3 aromatic carbocycles. The molecule has 4 rings (SSSR count). The highest BCUT2D eigenvalue weighted by molar-refractivity contribution is 8.00. The minimum absolute atomic E-state index is 0.0338. The number of aryl methyl sites for hydroxylation is 2. The van der Waals surface area contributed by atoms with Gasteiger partial charge in [-0.15, -0.1) is 23.1 Å². The molecule has 162 valence electrons. The predicted molar refractivity (Wildman–Crippen MR) is 137 cm³/mol. The summed E-state index contributed by atoms with van der Waals surface area (Å²) in [6, 6.07) is 29.1. The fourth-order valence-corrected chi connectivity index (χ4v) is 5.51. The third-order valence-corrected chi connectivity index (χ3v) is 7.46. The number of thioether (sulfide) groups is 1. The Morgan fingerprint density at radius 3 is 2.09 bits per heavy atom. The third-order valence-electron chi connectivity index (χ3n) is 5.26. The molecule has 0 saturated heterocycles. The Bertz CT molecular complexity index is 1120. The molecule has 0 aliphatic heterocycles. The van der Waals surface area contributed by atoms with Crippen LogP contribution in [0, 0.1) is 6.92 Å². The Balaban J connectivity index is 1.44. The number of carbonyl (C=O) groups is 1. The number of hydrogen-bond acceptors (Lipinski definition) is 4. The summed E-state index contributed by atoms with van der Waals surface area (Å²) in [6.07, 6.45) is 1.02. The normalized spacial score (nSPS) is 11.0. The van der Waals surface area contributed by atoms with E-state index in [0.29, 0.717) is 10.9 Å². The van der Waals surface area contributed by atoms with Crippen LogP contribution in [0.25, 0.3) is 11.3 Å². The van der Waals surface area contributed by atoms with Crippen molar-refractivity contribution in [1.29, 1.82) is 0 Å². The average Bonchev–Trinajstić information content (AvgIpc) is 3.20. The van der Waals surface area contributed by atoms with E-state index in [1.165, 1.54) is 28.0 Å². The summed E-state index contributed by atoms with van der Waals surface area (Å²) >= 11 is 3.15. The molecule has 1 aromatic heterocycles. The van der Waals surface area contributed by atoms with E-state index in [2.05, 4.69) is 60.8 Å². The van der Waals surface area contributed by atoms with Gasteiger partial charge in [0.2, 0.25) is 5.91 Å². The lowest BCUT2D eigenvalue weighted by Crippen LogP contribution is -2.15. The predicted octanol–water partition coefficient (Wildman–Crippen LogP) is 7.14. The third kappa shape index (κ3) is 5.47.